The van der Waals surface area contributed by atoms with E-state index in [0.717, 1.165) is 37.2 Å². The van der Waals surface area contributed by atoms with Gasteiger partial charge in [-0.05, 0) is 75.7 Å². The van der Waals surface area contributed by atoms with Gasteiger partial charge < -0.3 is 14.3 Å². The average molecular weight is 484 g/mol. The lowest BCUT2D eigenvalue weighted by molar-refractivity contribution is -0.155. The van der Waals surface area contributed by atoms with Crippen LogP contribution in [0.1, 0.15) is 85.6 Å². The lowest BCUT2D eigenvalue weighted by Crippen LogP contribution is -2.28. The molecule has 1 aromatic rings. The van der Waals surface area contributed by atoms with Crippen LogP contribution in [0.15, 0.2) is 35.5 Å². The van der Waals surface area contributed by atoms with E-state index >= 15 is 0 Å². The molecule has 35 heavy (non-hydrogen) atoms. The molecule has 0 radical (unpaired) electrons. The fourth-order valence-electron chi connectivity index (χ4n) is 4.48. The van der Waals surface area contributed by atoms with Crippen molar-refractivity contribution < 1.29 is 19.1 Å². The summed E-state index contributed by atoms with van der Waals surface area (Å²) < 4.78 is 11.4. The van der Waals surface area contributed by atoms with Gasteiger partial charge in [0, 0.05) is 18.4 Å². The van der Waals surface area contributed by atoms with Gasteiger partial charge in [0.1, 0.15) is 18.4 Å². The second kappa shape index (κ2) is 13.7. The van der Waals surface area contributed by atoms with E-state index in [1.165, 1.54) is 13.5 Å². The molecule has 0 bridgehead atoms. The summed E-state index contributed by atoms with van der Waals surface area (Å²) in [5.41, 5.74) is 1.60. The van der Waals surface area contributed by atoms with Crippen LogP contribution in [0, 0.1) is 35.0 Å². The largest absolute Gasteiger partial charge is 0.460 e. The fraction of sp³-hybridized carbons (Fsp3) is 0.667. The summed E-state index contributed by atoms with van der Waals surface area (Å²) in [7, 11) is 1.53. The van der Waals surface area contributed by atoms with Crippen LogP contribution in [0.3, 0.4) is 0 Å². The number of nitrogens with zero attached hydrogens (tertiary/aromatic N) is 1. The zero-order chi connectivity index (χ0) is 25.9. The maximum atomic E-state index is 12.6. The molecule has 1 fully saturated rings. The van der Waals surface area contributed by atoms with Gasteiger partial charge >= 0.3 is 5.97 Å². The van der Waals surface area contributed by atoms with Crippen molar-refractivity contribution in [1.82, 2.24) is 0 Å². The van der Waals surface area contributed by atoms with Gasteiger partial charge in [-0.3, -0.25) is 4.79 Å². The third-order valence-corrected chi connectivity index (χ3v) is 5.90. The van der Waals surface area contributed by atoms with Crippen LogP contribution in [0.4, 0.5) is 0 Å². The number of oxime groups is 1. The first-order chi connectivity index (χ1) is 16.4. The van der Waals surface area contributed by atoms with Gasteiger partial charge in [-0.2, -0.15) is 0 Å². The van der Waals surface area contributed by atoms with Crippen molar-refractivity contribution in [2.45, 2.75) is 92.3 Å². The molecule has 0 heterocycles. The Morgan fingerprint density at radius 2 is 1.80 bits per heavy atom. The Kier molecular flexibility index (Phi) is 11.3. The van der Waals surface area contributed by atoms with E-state index < -0.39 is 5.60 Å². The summed E-state index contributed by atoms with van der Waals surface area (Å²) in [4.78, 5) is 17.8. The number of rotatable bonds is 11. The Morgan fingerprint density at radius 1 is 1.11 bits per heavy atom. The Balaban J connectivity index is 1.97. The number of ether oxygens (including phenoxy) is 2. The molecule has 0 aliphatic heterocycles. The van der Waals surface area contributed by atoms with Gasteiger partial charge in [0.15, 0.2) is 0 Å². The molecule has 0 aromatic heterocycles. The third kappa shape index (κ3) is 12.3. The molecule has 1 aliphatic carbocycles. The minimum absolute atomic E-state index is 0.164. The van der Waals surface area contributed by atoms with Gasteiger partial charge in [0.2, 0.25) is 0 Å². The predicted molar refractivity (Wildman–Crippen MR) is 142 cm³/mol. The van der Waals surface area contributed by atoms with Crippen molar-refractivity contribution in [3.63, 3.8) is 0 Å². The van der Waals surface area contributed by atoms with Crippen LogP contribution >= 0.6 is 0 Å². The van der Waals surface area contributed by atoms with Crippen molar-refractivity contribution in [3.05, 3.63) is 35.9 Å². The third-order valence-electron chi connectivity index (χ3n) is 5.90. The minimum Gasteiger partial charge on any atom is -0.460 e. The van der Waals surface area contributed by atoms with Crippen LogP contribution in [0.2, 0.25) is 0 Å². The highest BCUT2D eigenvalue weighted by Crippen LogP contribution is 2.40. The number of benzene rings is 1. The van der Waals surface area contributed by atoms with E-state index in [9.17, 15) is 4.79 Å². The number of carbonyl (C=O) groups excluding carboxylic acids is 1. The monoisotopic (exact) mass is 483 g/mol. The Morgan fingerprint density at radius 3 is 2.40 bits per heavy atom. The highest BCUT2D eigenvalue weighted by Gasteiger charge is 2.31. The molecular formula is C30H45NO4. The summed E-state index contributed by atoms with van der Waals surface area (Å²) in [5, 5.41) is 4.22. The molecular weight excluding hydrogens is 438 g/mol. The molecule has 1 aromatic carbocycles. The van der Waals surface area contributed by atoms with Crippen LogP contribution in [0.25, 0.3) is 0 Å². The van der Waals surface area contributed by atoms with Crippen molar-refractivity contribution in [2.24, 2.45) is 28.3 Å². The zero-order valence-electron chi connectivity index (χ0n) is 22.9. The lowest BCUT2D eigenvalue weighted by atomic mass is 9.68. The van der Waals surface area contributed by atoms with Crippen molar-refractivity contribution >= 4 is 11.7 Å². The predicted octanol–water partition coefficient (Wildman–Crippen LogP) is 6.80. The molecule has 1 aliphatic rings. The number of carbonyl (C=O) groups is 1. The summed E-state index contributed by atoms with van der Waals surface area (Å²) in [6.45, 7) is 13.7. The average Bonchev–Trinajstić information content (AvgIpc) is 2.72. The van der Waals surface area contributed by atoms with Crippen LogP contribution in [-0.4, -0.2) is 31.0 Å². The van der Waals surface area contributed by atoms with E-state index in [1.54, 1.807) is 0 Å². The van der Waals surface area contributed by atoms with Crippen molar-refractivity contribution in [3.8, 4) is 11.8 Å². The highest BCUT2D eigenvalue weighted by atomic mass is 16.6. The van der Waals surface area contributed by atoms with Gasteiger partial charge in [-0.15, -0.1) is 0 Å². The van der Waals surface area contributed by atoms with Gasteiger partial charge in [0.25, 0.3) is 0 Å². The summed E-state index contributed by atoms with van der Waals surface area (Å²) in [6.07, 6.45) is 5.24. The lowest BCUT2D eigenvalue weighted by Gasteiger charge is -2.36. The summed E-state index contributed by atoms with van der Waals surface area (Å²) in [6, 6.07) is 10.1. The first kappa shape index (κ1) is 28.9. The SMILES string of the molecule is CO/N=C(\C#CC1CC(CC(C)(C)C)C1)[C@@H](CCCOCc1ccccc1)CC(=O)OC(C)(C)C. The van der Waals surface area contributed by atoms with Crippen LogP contribution < -0.4 is 0 Å². The Labute approximate surface area is 213 Å². The smallest absolute Gasteiger partial charge is 0.307 e. The molecule has 0 unspecified atom stereocenters. The number of hydrogen-bond acceptors (Lipinski definition) is 5. The molecule has 0 amide bonds. The van der Waals surface area contributed by atoms with Gasteiger partial charge in [0.05, 0.1) is 13.0 Å². The summed E-state index contributed by atoms with van der Waals surface area (Å²) >= 11 is 0. The molecule has 5 nitrogen and oxygen atoms in total. The maximum Gasteiger partial charge on any atom is 0.307 e. The van der Waals surface area contributed by atoms with E-state index in [0.29, 0.717) is 30.3 Å². The van der Waals surface area contributed by atoms with E-state index in [2.05, 4.69) is 49.9 Å². The van der Waals surface area contributed by atoms with Crippen molar-refractivity contribution in [1.29, 1.82) is 0 Å². The Hall–Kier alpha value is -2.32. The molecule has 2 rings (SSSR count). The quantitative estimate of drug-likeness (QED) is 0.114. The second-order valence-electron chi connectivity index (χ2n) is 11.9. The summed E-state index contributed by atoms with van der Waals surface area (Å²) in [5.74, 6) is 7.40. The zero-order valence-corrected chi connectivity index (χ0v) is 22.9. The first-order valence-electron chi connectivity index (χ1n) is 12.9. The fourth-order valence-corrected chi connectivity index (χ4v) is 4.48. The maximum absolute atomic E-state index is 12.6. The molecule has 1 saturated carbocycles. The van der Waals surface area contributed by atoms with Crippen LogP contribution in [-0.2, 0) is 25.7 Å². The topological polar surface area (TPSA) is 57.1 Å². The highest BCUT2D eigenvalue weighted by molar-refractivity contribution is 6.03. The minimum atomic E-state index is -0.529. The molecule has 0 N–H and O–H groups in total. The molecule has 1 atom stereocenters. The van der Waals surface area contributed by atoms with Crippen LogP contribution in [0.5, 0.6) is 0 Å². The number of hydrogen-bond donors (Lipinski definition) is 0. The first-order valence-corrected chi connectivity index (χ1v) is 12.9. The van der Waals surface area contributed by atoms with E-state index in [4.69, 9.17) is 14.3 Å². The van der Waals surface area contributed by atoms with Crippen molar-refractivity contribution in [2.75, 3.05) is 13.7 Å². The second-order valence-corrected chi connectivity index (χ2v) is 11.9. The van der Waals surface area contributed by atoms with E-state index in [-0.39, 0.29) is 18.3 Å². The number of esters is 1. The molecule has 0 spiro atoms. The van der Waals surface area contributed by atoms with E-state index in [1.807, 2.05) is 39.0 Å². The van der Waals surface area contributed by atoms with Gasteiger partial charge in [-0.1, -0.05) is 62.2 Å². The molecule has 0 saturated heterocycles. The van der Waals surface area contributed by atoms with Gasteiger partial charge in [-0.25, -0.2) is 0 Å². The Bertz CT molecular complexity index is 862. The standard InChI is InChI=1S/C30H45NO4/c1-29(2,3)21-25-18-24(19-25)15-16-27(31-33-7)26(20-28(32)35-30(4,5)6)14-11-17-34-22-23-12-9-8-10-13-23/h8-10,12-13,24-26H,11,14,17-22H2,1-7H3/b31-27+/t24?,25?,26-/m0/s1. The molecule has 5 heteroatoms. The normalized spacial score (nSPS) is 19.2. The molecule has 194 valence electrons.